The van der Waals surface area contributed by atoms with Crippen molar-refractivity contribution >= 4 is 33.7 Å². The quantitative estimate of drug-likeness (QED) is 0.437. The second kappa shape index (κ2) is 8.64. The molecule has 0 radical (unpaired) electrons. The Bertz CT molecular complexity index is 441. The molecule has 0 fully saturated rings. The highest BCUT2D eigenvalue weighted by Gasteiger charge is 2.28. The molecular weight excluding hydrogens is 340 g/mol. The van der Waals surface area contributed by atoms with Gasteiger partial charge in [-0.1, -0.05) is 6.42 Å². The molecule has 2 N–H and O–H groups in total. The first-order chi connectivity index (χ1) is 9.47. The minimum atomic E-state index is -0.883. The van der Waals surface area contributed by atoms with Crippen LogP contribution in [0.2, 0.25) is 0 Å². The number of rotatable bonds is 8. The fraction of sp³-hybridized carbons (Fsp3) is 0.571. The molecule has 0 saturated heterocycles. The maximum Gasteiger partial charge on any atom is 0.325 e. The van der Waals surface area contributed by atoms with E-state index in [1.165, 1.54) is 0 Å². The predicted molar refractivity (Wildman–Crippen MR) is 85.7 cm³/mol. The van der Waals surface area contributed by atoms with E-state index in [4.69, 9.17) is 10.5 Å². The summed E-state index contributed by atoms with van der Waals surface area (Å²) in [7, 11) is 0. The van der Waals surface area contributed by atoms with Gasteiger partial charge >= 0.3 is 5.97 Å². The molecule has 0 aliphatic carbocycles. The molecule has 1 aromatic heterocycles. The van der Waals surface area contributed by atoms with Crippen molar-refractivity contribution in [3.63, 3.8) is 0 Å². The van der Waals surface area contributed by atoms with Gasteiger partial charge in [-0.25, -0.2) is 4.98 Å². The van der Waals surface area contributed by atoms with Gasteiger partial charge in [-0.2, -0.15) is 0 Å². The smallest absolute Gasteiger partial charge is 0.325 e. The maximum absolute atomic E-state index is 11.6. The van der Waals surface area contributed by atoms with E-state index in [1.54, 1.807) is 31.8 Å². The van der Waals surface area contributed by atoms with E-state index < -0.39 is 5.54 Å². The summed E-state index contributed by atoms with van der Waals surface area (Å²) in [6.45, 7) is 3.89. The molecule has 1 aromatic rings. The van der Waals surface area contributed by atoms with Crippen LogP contribution in [0.3, 0.4) is 0 Å². The Morgan fingerprint density at radius 3 is 2.95 bits per heavy atom. The fourth-order valence-corrected chi connectivity index (χ4v) is 3.12. The Morgan fingerprint density at radius 1 is 1.55 bits per heavy atom. The first kappa shape index (κ1) is 17.5. The summed E-state index contributed by atoms with van der Waals surface area (Å²) in [5.41, 5.74) is 5.08. The predicted octanol–water partition coefficient (Wildman–Crippen LogP) is 3.39. The molecule has 0 aromatic carbocycles. The summed E-state index contributed by atoms with van der Waals surface area (Å²) in [6.07, 6.45) is 4.30. The average Bonchev–Trinajstić information content (AvgIpc) is 2.40. The van der Waals surface area contributed by atoms with E-state index in [2.05, 4.69) is 20.9 Å². The van der Waals surface area contributed by atoms with Gasteiger partial charge in [0.2, 0.25) is 0 Å². The number of carbonyl (C=O) groups excluding carboxylic acids is 1. The summed E-state index contributed by atoms with van der Waals surface area (Å²) < 4.78 is 5.98. The number of halogens is 1. The van der Waals surface area contributed by atoms with Crippen LogP contribution in [0.15, 0.2) is 27.8 Å². The van der Waals surface area contributed by atoms with Crippen molar-refractivity contribution in [2.75, 3.05) is 12.4 Å². The molecule has 4 nitrogen and oxygen atoms in total. The first-order valence-corrected chi connectivity index (χ1v) is 8.44. The monoisotopic (exact) mass is 360 g/mol. The average molecular weight is 361 g/mol. The molecule has 0 aliphatic rings. The molecule has 0 spiro atoms. The standard InChI is InChI=1S/C14H21BrN2O2S/c1-3-19-13(18)14(2,16)8-4-5-10-20-12-11(15)7-6-9-17-12/h6-7,9H,3-5,8,10,16H2,1-2H3. The zero-order chi connectivity index (χ0) is 15.0. The zero-order valence-electron chi connectivity index (χ0n) is 11.9. The Kier molecular flexibility index (Phi) is 7.55. The summed E-state index contributed by atoms with van der Waals surface area (Å²) in [4.78, 5) is 15.9. The molecule has 112 valence electrons. The molecule has 0 aliphatic heterocycles. The lowest BCUT2D eigenvalue weighted by molar-refractivity contribution is -0.149. The molecule has 1 unspecified atom stereocenters. The van der Waals surface area contributed by atoms with Gasteiger partial charge in [-0.15, -0.1) is 11.8 Å². The van der Waals surface area contributed by atoms with Crippen LogP contribution < -0.4 is 5.73 Å². The van der Waals surface area contributed by atoms with Gasteiger partial charge in [0.15, 0.2) is 0 Å². The third-order valence-electron chi connectivity index (χ3n) is 2.80. The van der Waals surface area contributed by atoms with E-state index >= 15 is 0 Å². The highest BCUT2D eigenvalue weighted by molar-refractivity contribution is 9.10. The molecular formula is C14H21BrN2O2S. The third kappa shape index (κ3) is 5.81. The van der Waals surface area contributed by atoms with Gasteiger partial charge in [-0.3, -0.25) is 4.79 Å². The van der Waals surface area contributed by atoms with Crippen LogP contribution in [-0.4, -0.2) is 28.9 Å². The molecule has 0 bridgehead atoms. The number of esters is 1. The van der Waals surface area contributed by atoms with Crippen LogP contribution in [0.25, 0.3) is 0 Å². The molecule has 6 heteroatoms. The van der Waals surface area contributed by atoms with Crippen LogP contribution in [0, 0.1) is 0 Å². The third-order valence-corrected chi connectivity index (χ3v) is 4.79. The Balaban J connectivity index is 2.25. The molecule has 0 amide bonds. The van der Waals surface area contributed by atoms with Crippen LogP contribution in [0.1, 0.15) is 33.1 Å². The number of ether oxygens (including phenoxy) is 1. The van der Waals surface area contributed by atoms with Gasteiger partial charge in [0, 0.05) is 10.7 Å². The van der Waals surface area contributed by atoms with Gasteiger partial charge in [0.1, 0.15) is 10.6 Å². The summed E-state index contributed by atoms with van der Waals surface area (Å²) in [5.74, 6) is 0.634. The minimum absolute atomic E-state index is 0.319. The highest BCUT2D eigenvalue weighted by Crippen LogP contribution is 2.25. The number of nitrogens with two attached hydrogens (primary N) is 1. The molecule has 1 rings (SSSR count). The maximum atomic E-state index is 11.6. The number of thioether (sulfide) groups is 1. The van der Waals surface area contributed by atoms with E-state index in [1.807, 2.05) is 12.1 Å². The second-order valence-corrected chi connectivity index (χ2v) is 6.67. The molecule has 1 atom stereocenters. The van der Waals surface area contributed by atoms with Crippen molar-refractivity contribution < 1.29 is 9.53 Å². The van der Waals surface area contributed by atoms with E-state index in [0.29, 0.717) is 13.0 Å². The molecule has 1 heterocycles. The number of hydrogen-bond donors (Lipinski definition) is 1. The lowest BCUT2D eigenvalue weighted by Crippen LogP contribution is -2.46. The van der Waals surface area contributed by atoms with E-state index in [-0.39, 0.29) is 5.97 Å². The Morgan fingerprint density at radius 2 is 2.30 bits per heavy atom. The Labute approximate surface area is 133 Å². The number of aromatic nitrogens is 1. The van der Waals surface area contributed by atoms with Gasteiger partial charge in [-0.05, 0) is 60.5 Å². The number of hydrogen-bond acceptors (Lipinski definition) is 5. The first-order valence-electron chi connectivity index (χ1n) is 6.67. The fourth-order valence-electron chi connectivity index (χ4n) is 1.64. The summed E-state index contributed by atoms with van der Waals surface area (Å²) in [6, 6.07) is 3.88. The Hall–Kier alpha value is -0.590. The highest BCUT2D eigenvalue weighted by atomic mass is 79.9. The summed E-state index contributed by atoms with van der Waals surface area (Å²) in [5, 5.41) is 0.994. The summed E-state index contributed by atoms with van der Waals surface area (Å²) >= 11 is 5.17. The lowest BCUT2D eigenvalue weighted by Gasteiger charge is -2.21. The van der Waals surface area contributed by atoms with E-state index in [9.17, 15) is 4.79 Å². The van der Waals surface area contributed by atoms with Crippen molar-refractivity contribution in [1.82, 2.24) is 4.98 Å². The zero-order valence-corrected chi connectivity index (χ0v) is 14.3. The second-order valence-electron chi connectivity index (χ2n) is 4.73. The van der Waals surface area contributed by atoms with Gasteiger partial charge in [0.25, 0.3) is 0 Å². The SMILES string of the molecule is CCOC(=O)C(C)(N)CCCCSc1ncccc1Br. The number of unbranched alkanes of at least 4 members (excludes halogenated alkanes) is 1. The van der Waals surface area contributed by atoms with Crippen LogP contribution in [-0.2, 0) is 9.53 Å². The minimum Gasteiger partial charge on any atom is -0.465 e. The van der Waals surface area contributed by atoms with Crippen LogP contribution in [0.4, 0.5) is 0 Å². The normalized spacial score (nSPS) is 13.8. The van der Waals surface area contributed by atoms with Gasteiger partial charge < -0.3 is 10.5 Å². The van der Waals surface area contributed by atoms with Crippen LogP contribution >= 0.6 is 27.7 Å². The lowest BCUT2D eigenvalue weighted by atomic mass is 9.96. The number of pyridine rings is 1. The van der Waals surface area contributed by atoms with E-state index in [0.717, 1.165) is 28.1 Å². The topological polar surface area (TPSA) is 65.2 Å². The van der Waals surface area contributed by atoms with Crippen LogP contribution in [0.5, 0.6) is 0 Å². The van der Waals surface area contributed by atoms with Crippen molar-refractivity contribution in [1.29, 1.82) is 0 Å². The van der Waals surface area contributed by atoms with Crippen molar-refractivity contribution in [3.8, 4) is 0 Å². The largest absolute Gasteiger partial charge is 0.465 e. The number of carbonyl (C=O) groups is 1. The van der Waals surface area contributed by atoms with Gasteiger partial charge in [0.05, 0.1) is 6.61 Å². The number of nitrogens with zero attached hydrogens (tertiary/aromatic N) is 1. The molecule has 20 heavy (non-hydrogen) atoms. The molecule has 0 saturated carbocycles. The van der Waals surface area contributed by atoms with Crippen molar-refractivity contribution in [2.45, 2.75) is 43.7 Å². The van der Waals surface area contributed by atoms with Crippen molar-refractivity contribution in [2.24, 2.45) is 5.73 Å². The van der Waals surface area contributed by atoms with Crippen molar-refractivity contribution in [3.05, 3.63) is 22.8 Å².